The fourth-order valence-electron chi connectivity index (χ4n) is 1.02. The zero-order chi connectivity index (χ0) is 6.97. The molecule has 1 aromatic heterocycles. The zero-order valence-electron chi connectivity index (χ0n) is 5.32. The Hall–Kier alpha value is -1.32. The maximum Gasteiger partial charge on any atom is 0.290 e. The van der Waals surface area contributed by atoms with E-state index >= 15 is 0 Å². The van der Waals surface area contributed by atoms with Crippen molar-refractivity contribution in [3.8, 4) is 0 Å². The van der Waals surface area contributed by atoms with Crippen LogP contribution in [0.15, 0.2) is 12.3 Å². The molecule has 10 heavy (non-hydrogen) atoms. The van der Waals surface area contributed by atoms with Gasteiger partial charge in [-0.25, -0.2) is 5.32 Å². The molecule has 0 fully saturated rings. The molecule has 0 N–H and O–H groups in total. The molecule has 51 valence electrons. The van der Waals surface area contributed by atoms with Gasteiger partial charge in [-0.3, -0.25) is 9.48 Å². The molecular weight excluding hydrogens is 130 g/mol. The Balaban J connectivity index is 2.50. The molecule has 0 bridgehead atoms. The second-order valence-corrected chi connectivity index (χ2v) is 2.13. The van der Waals surface area contributed by atoms with Gasteiger partial charge >= 0.3 is 0 Å². The average Bonchev–Trinajstić information content (AvgIpc) is 2.36. The Bertz CT molecular complexity index is 266. The van der Waals surface area contributed by atoms with E-state index in [-0.39, 0.29) is 5.91 Å². The number of carbonyl (C=O) groups excluding carboxylic acids is 1. The fourth-order valence-corrected chi connectivity index (χ4v) is 1.02. The number of amides is 1. The molecule has 1 aromatic rings. The monoisotopic (exact) mass is 136 g/mol. The molecule has 4 heteroatoms. The van der Waals surface area contributed by atoms with Gasteiger partial charge in [-0.15, -0.1) is 0 Å². The quantitative estimate of drug-likeness (QED) is 0.489. The van der Waals surface area contributed by atoms with Crippen molar-refractivity contribution in [3.05, 3.63) is 18.0 Å². The molecule has 0 saturated carbocycles. The Morgan fingerprint density at radius 3 is 3.30 bits per heavy atom. The predicted molar refractivity (Wildman–Crippen MR) is 33.6 cm³/mol. The number of carbonyl (C=O) groups is 1. The molecule has 0 aliphatic carbocycles. The highest BCUT2D eigenvalue weighted by Crippen LogP contribution is 2.02. The van der Waals surface area contributed by atoms with Gasteiger partial charge in [0.15, 0.2) is 0 Å². The molecule has 2 rings (SSSR count). The van der Waals surface area contributed by atoms with Crippen molar-refractivity contribution < 1.29 is 4.79 Å². The summed E-state index contributed by atoms with van der Waals surface area (Å²) in [5.41, 5.74) is 0.603. The fraction of sp³-hybridized carbons (Fsp3) is 0.333. The molecule has 1 aliphatic rings. The summed E-state index contributed by atoms with van der Waals surface area (Å²) >= 11 is 0. The topological polar surface area (TPSA) is 49.0 Å². The molecule has 0 spiro atoms. The Morgan fingerprint density at radius 1 is 1.60 bits per heavy atom. The van der Waals surface area contributed by atoms with E-state index in [9.17, 15) is 4.79 Å². The van der Waals surface area contributed by atoms with Crippen LogP contribution in [0.25, 0.3) is 0 Å². The minimum atomic E-state index is -0.149. The third kappa shape index (κ3) is 0.618. The summed E-state index contributed by atoms with van der Waals surface area (Å²) in [7, 11) is 0. The lowest BCUT2D eigenvalue weighted by Gasteiger charge is -2.10. The van der Waals surface area contributed by atoms with Gasteiger partial charge in [0.05, 0.1) is 13.1 Å². The summed E-state index contributed by atoms with van der Waals surface area (Å²) in [4.78, 5) is 10.9. The maximum absolute atomic E-state index is 10.9. The van der Waals surface area contributed by atoms with E-state index in [4.69, 9.17) is 0 Å². The van der Waals surface area contributed by atoms with E-state index in [1.807, 2.05) is 0 Å². The van der Waals surface area contributed by atoms with Gasteiger partial charge in [0.2, 0.25) is 0 Å². The number of fused-ring (bicyclic) bond motifs is 1. The normalized spacial score (nSPS) is 16.2. The number of aromatic nitrogens is 2. The summed E-state index contributed by atoms with van der Waals surface area (Å²) in [6.07, 6.45) is 1.62. The van der Waals surface area contributed by atoms with E-state index in [0.717, 1.165) is 6.54 Å². The molecule has 2 heterocycles. The van der Waals surface area contributed by atoms with Crippen LogP contribution in [0.1, 0.15) is 10.5 Å². The first-order valence-electron chi connectivity index (χ1n) is 3.11. The summed E-state index contributed by atoms with van der Waals surface area (Å²) in [5.74, 6) is -0.149. The highest BCUT2D eigenvalue weighted by molar-refractivity contribution is 5.92. The lowest BCUT2D eigenvalue weighted by Crippen LogP contribution is -2.30. The second kappa shape index (κ2) is 1.83. The number of nitrogens with zero attached hydrogens (tertiary/aromatic N) is 3. The van der Waals surface area contributed by atoms with Crippen LogP contribution in [0, 0.1) is 0 Å². The van der Waals surface area contributed by atoms with Gasteiger partial charge in [0, 0.05) is 6.20 Å². The Kier molecular flexibility index (Phi) is 1.00. The average molecular weight is 136 g/mol. The van der Waals surface area contributed by atoms with Crippen molar-refractivity contribution in [3.63, 3.8) is 0 Å². The van der Waals surface area contributed by atoms with Gasteiger partial charge < -0.3 is 0 Å². The standard InChI is InChI=1S/C6H6N3O/c10-6-5-1-2-8-9(5)4-3-7-6/h1-2H,3-4H2. The highest BCUT2D eigenvalue weighted by Gasteiger charge is 2.16. The highest BCUT2D eigenvalue weighted by atomic mass is 16.2. The minimum Gasteiger partial charge on any atom is -0.265 e. The molecule has 4 nitrogen and oxygen atoms in total. The lowest BCUT2D eigenvalue weighted by molar-refractivity contribution is 0.0919. The molecule has 1 amide bonds. The summed E-state index contributed by atoms with van der Waals surface area (Å²) in [5, 5.41) is 7.69. The summed E-state index contributed by atoms with van der Waals surface area (Å²) in [6.45, 7) is 1.29. The van der Waals surface area contributed by atoms with Crippen LogP contribution in [-0.2, 0) is 6.54 Å². The van der Waals surface area contributed by atoms with Crippen LogP contribution in [-0.4, -0.2) is 22.2 Å². The minimum absolute atomic E-state index is 0.149. The van der Waals surface area contributed by atoms with Crippen LogP contribution < -0.4 is 5.32 Å². The first-order valence-corrected chi connectivity index (χ1v) is 3.11. The number of hydrogen-bond acceptors (Lipinski definition) is 2. The number of rotatable bonds is 0. The van der Waals surface area contributed by atoms with Crippen LogP contribution in [0.2, 0.25) is 0 Å². The molecular formula is C6H6N3O. The van der Waals surface area contributed by atoms with E-state index < -0.39 is 0 Å². The van der Waals surface area contributed by atoms with E-state index in [1.165, 1.54) is 0 Å². The van der Waals surface area contributed by atoms with Crippen LogP contribution >= 0.6 is 0 Å². The van der Waals surface area contributed by atoms with Crippen molar-refractivity contribution in [1.29, 1.82) is 0 Å². The molecule has 1 radical (unpaired) electrons. The zero-order valence-corrected chi connectivity index (χ0v) is 5.32. The molecule has 0 aromatic carbocycles. The van der Waals surface area contributed by atoms with E-state index in [1.54, 1.807) is 16.9 Å². The third-order valence-corrected chi connectivity index (χ3v) is 1.50. The van der Waals surface area contributed by atoms with Crippen molar-refractivity contribution in [2.45, 2.75) is 6.54 Å². The molecule has 1 aliphatic heterocycles. The summed E-state index contributed by atoms with van der Waals surface area (Å²) < 4.78 is 1.68. The van der Waals surface area contributed by atoms with Crippen LogP contribution in [0.4, 0.5) is 0 Å². The van der Waals surface area contributed by atoms with Crippen molar-refractivity contribution in [1.82, 2.24) is 15.1 Å². The molecule has 0 unspecified atom stereocenters. The van der Waals surface area contributed by atoms with Gasteiger partial charge in [0.1, 0.15) is 5.69 Å². The smallest absolute Gasteiger partial charge is 0.265 e. The Morgan fingerprint density at radius 2 is 2.50 bits per heavy atom. The maximum atomic E-state index is 10.9. The van der Waals surface area contributed by atoms with Crippen molar-refractivity contribution in [2.75, 3.05) is 6.54 Å². The SMILES string of the molecule is O=C1[N]CCn2nccc21. The molecule has 0 saturated heterocycles. The van der Waals surface area contributed by atoms with Gasteiger partial charge in [0.25, 0.3) is 5.91 Å². The predicted octanol–water partition coefficient (Wildman–Crippen LogP) is -0.359. The first-order chi connectivity index (χ1) is 4.88. The van der Waals surface area contributed by atoms with Gasteiger partial charge in [-0.1, -0.05) is 0 Å². The van der Waals surface area contributed by atoms with E-state index in [2.05, 4.69) is 10.4 Å². The van der Waals surface area contributed by atoms with E-state index in [0.29, 0.717) is 12.2 Å². The van der Waals surface area contributed by atoms with Gasteiger partial charge in [-0.05, 0) is 6.07 Å². The number of hydrogen-bond donors (Lipinski definition) is 0. The Labute approximate surface area is 57.8 Å². The molecule has 0 atom stereocenters. The third-order valence-electron chi connectivity index (χ3n) is 1.50. The first kappa shape index (κ1) is 5.46. The lowest BCUT2D eigenvalue weighted by atomic mass is 10.3. The van der Waals surface area contributed by atoms with Crippen molar-refractivity contribution in [2.24, 2.45) is 0 Å². The second-order valence-electron chi connectivity index (χ2n) is 2.13. The largest absolute Gasteiger partial charge is 0.290 e. The van der Waals surface area contributed by atoms with Crippen LogP contribution in [0.3, 0.4) is 0 Å². The summed E-state index contributed by atoms with van der Waals surface area (Å²) in [6, 6.07) is 1.69. The van der Waals surface area contributed by atoms with Crippen LogP contribution in [0.5, 0.6) is 0 Å². The van der Waals surface area contributed by atoms with Crippen molar-refractivity contribution >= 4 is 5.91 Å². The van der Waals surface area contributed by atoms with Gasteiger partial charge in [-0.2, -0.15) is 5.10 Å².